The molecule has 1 aromatic rings. The molecule has 0 bridgehead atoms. The fourth-order valence-corrected chi connectivity index (χ4v) is 1.63. The lowest BCUT2D eigenvalue weighted by atomic mass is 9.95. The number of phenolic OH excluding ortho intramolecular Hbond substituents is 1. The first kappa shape index (κ1) is 10.9. The monoisotopic (exact) mass is 195 g/mol. The van der Waals surface area contributed by atoms with E-state index in [-0.39, 0.29) is 11.7 Å². The molecular formula is C11H17NO2. The molecule has 1 rings (SSSR count). The molecule has 0 amide bonds. The lowest BCUT2D eigenvalue weighted by molar-refractivity contribution is 0.366. The van der Waals surface area contributed by atoms with Gasteiger partial charge in [-0.2, -0.15) is 0 Å². The zero-order chi connectivity index (χ0) is 10.7. The molecule has 1 unspecified atom stereocenters. The van der Waals surface area contributed by atoms with E-state index in [1.54, 1.807) is 13.2 Å². The maximum Gasteiger partial charge on any atom is 0.164 e. The van der Waals surface area contributed by atoms with Gasteiger partial charge in [-0.3, -0.25) is 0 Å². The Labute approximate surface area is 84.5 Å². The number of benzene rings is 1. The lowest BCUT2D eigenvalue weighted by Crippen LogP contribution is -2.11. The highest BCUT2D eigenvalue weighted by Crippen LogP contribution is 2.36. The van der Waals surface area contributed by atoms with Crippen LogP contribution in [0, 0.1) is 6.92 Å². The number of rotatable bonds is 3. The molecule has 3 N–H and O–H groups in total. The third-order valence-electron chi connectivity index (χ3n) is 2.44. The van der Waals surface area contributed by atoms with Gasteiger partial charge in [0.25, 0.3) is 0 Å². The maximum absolute atomic E-state index is 9.59. The van der Waals surface area contributed by atoms with E-state index in [1.807, 2.05) is 19.9 Å². The molecule has 0 fully saturated rings. The highest BCUT2D eigenvalue weighted by atomic mass is 16.5. The minimum atomic E-state index is 0.174. The van der Waals surface area contributed by atoms with Crippen molar-refractivity contribution >= 4 is 0 Å². The van der Waals surface area contributed by atoms with Gasteiger partial charge in [0.1, 0.15) is 0 Å². The van der Waals surface area contributed by atoms with Gasteiger partial charge < -0.3 is 15.6 Å². The van der Waals surface area contributed by atoms with Crippen LogP contribution in [-0.4, -0.2) is 18.8 Å². The van der Waals surface area contributed by atoms with Crippen molar-refractivity contribution in [1.29, 1.82) is 0 Å². The number of phenols is 1. The van der Waals surface area contributed by atoms with E-state index < -0.39 is 0 Å². The largest absolute Gasteiger partial charge is 0.504 e. The van der Waals surface area contributed by atoms with E-state index in [4.69, 9.17) is 10.5 Å². The zero-order valence-electron chi connectivity index (χ0n) is 8.87. The van der Waals surface area contributed by atoms with Crippen LogP contribution >= 0.6 is 0 Å². The SMILES string of the molecule is COc1c(O)ccc(C)c1C(C)CN. The van der Waals surface area contributed by atoms with Crippen LogP contribution in [0.4, 0.5) is 0 Å². The topological polar surface area (TPSA) is 55.5 Å². The number of hydrogen-bond acceptors (Lipinski definition) is 3. The summed E-state index contributed by atoms with van der Waals surface area (Å²) in [6.45, 7) is 4.55. The van der Waals surface area contributed by atoms with Gasteiger partial charge >= 0.3 is 0 Å². The second kappa shape index (κ2) is 4.33. The number of methoxy groups -OCH3 is 1. The van der Waals surface area contributed by atoms with Crippen LogP contribution in [0.2, 0.25) is 0 Å². The molecule has 0 aliphatic carbocycles. The van der Waals surface area contributed by atoms with Crippen LogP contribution in [-0.2, 0) is 0 Å². The van der Waals surface area contributed by atoms with Gasteiger partial charge in [-0.15, -0.1) is 0 Å². The summed E-state index contributed by atoms with van der Waals surface area (Å²) in [5.74, 6) is 0.911. The van der Waals surface area contributed by atoms with Gasteiger partial charge in [-0.1, -0.05) is 13.0 Å². The molecule has 3 heteroatoms. The van der Waals surface area contributed by atoms with Gasteiger partial charge in [0.05, 0.1) is 7.11 Å². The number of aryl methyl sites for hydroxylation is 1. The molecule has 0 radical (unpaired) electrons. The van der Waals surface area contributed by atoms with Crippen LogP contribution in [0.5, 0.6) is 11.5 Å². The van der Waals surface area contributed by atoms with E-state index in [2.05, 4.69) is 0 Å². The normalized spacial score (nSPS) is 12.6. The van der Waals surface area contributed by atoms with Crippen molar-refractivity contribution in [2.45, 2.75) is 19.8 Å². The van der Waals surface area contributed by atoms with Crippen LogP contribution in [0.15, 0.2) is 12.1 Å². The van der Waals surface area contributed by atoms with Crippen molar-refractivity contribution in [3.8, 4) is 11.5 Å². The first-order chi connectivity index (χ1) is 6.61. The minimum absolute atomic E-state index is 0.174. The summed E-state index contributed by atoms with van der Waals surface area (Å²) in [5.41, 5.74) is 7.70. The molecule has 0 spiro atoms. The predicted molar refractivity (Wildman–Crippen MR) is 56.9 cm³/mol. The Kier molecular flexibility index (Phi) is 3.36. The average Bonchev–Trinajstić information content (AvgIpc) is 2.19. The fourth-order valence-electron chi connectivity index (χ4n) is 1.63. The Morgan fingerprint density at radius 1 is 1.50 bits per heavy atom. The zero-order valence-corrected chi connectivity index (χ0v) is 8.87. The van der Waals surface area contributed by atoms with E-state index >= 15 is 0 Å². The van der Waals surface area contributed by atoms with Gasteiger partial charge in [-0.05, 0) is 31.0 Å². The number of ether oxygens (including phenoxy) is 1. The van der Waals surface area contributed by atoms with Crippen molar-refractivity contribution in [2.24, 2.45) is 5.73 Å². The standard InChI is InChI=1S/C11H17NO2/c1-7-4-5-9(13)11(14-3)10(7)8(2)6-12/h4-5,8,13H,6,12H2,1-3H3. The number of hydrogen-bond donors (Lipinski definition) is 2. The smallest absolute Gasteiger partial charge is 0.164 e. The van der Waals surface area contributed by atoms with E-state index in [9.17, 15) is 5.11 Å². The summed E-state index contributed by atoms with van der Waals surface area (Å²) in [7, 11) is 1.56. The molecule has 14 heavy (non-hydrogen) atoms. The molecule has 3 nitrogen and oxygen atoms in total. The summed E-state index contributed by atoms with van der Waals surface area (Å²) in [6, 6.07) is 3.51. The summed E-state index contributed by atoms with van der Waals surface area (Å²) < 4.78 is 5.17. The van der Waals surface area contributed by atoms with Crippen LogP contribution < -0.4 is 10.5 Å². The molecule has 0 aromatic heterocycles. The molecular weight excluding hydrogens is 178 g/mol. The van der Waals surface area contributed by atoms with Crippen LogP contribution in [0.1, 0.15) is 24.0 Å². The van der Waals surface area contributed by atoms with Gasteiger partial charge in [-0.25, -0.2) is 0 Å². The molecule has 0 heterocycles. The molecule has 0 aliphatic heterocycles. The first-order valence-electron chi connectivity index (χ1n) is 4.68. The second-order valence-corrected chi connectivity index (χ2v) is 3.49. The highest BCUT2D eigenvalue weighted by Gasteiger charge is 2.16. The van der Waals surface area contributed by atoms with Gasteiger partial charge in [0.15, 0.2) is 11.5 Å². The third kappa shape index (κ3) is 1.82. The van der Waals surface area contributed by atoms with Crippen LogP contribution in [0.25, 0.3) is 0 Å². The van der Waals surface area contributed by atoms with Crippen molar-refractivity contribution in [3.05, 3.63) is 23.3 Å². The van der Waals surface area contributed by atoms with Gasteiger partial charge in [0.2, 0.25) is 0 Å². The van der Waals surface area contributed by atoms with E-state index in [0.717, 1.165) is 11.1 Å². The number of aromatic hydroxyl groups is 1. The highest BCUT2D eigenvalue weighted by molar-refractivity contribution is 5.51. The minimum Gasteiger partial charge on any atom is -0.504 e. The lowest BCUT2D eigenvalue weighted by Gasteiger charge is -2.17. The molecule has 1 aromatic carbocycles. The second-order valence-electron chi connectivity index (χ2n) is 3.49. The Morgan fingerprint density at radius 3 is 2.64 bits per heavy atom. The van der Waals surface area contributed by atoms with Crippen molar-refractivity contribution in [1.82, 2.24) is 0 Å². The fraction of sp³-hybridized carbons (Fsp3) is 0.455. The first-order valence-corrected chi connectivity index (χ1v) is 4.68. The Balaban J connectivity index is 3.29. The number of nitrogens with two attached hydrogens (primary N) is 1. The average molecular weight is 195 g/mol. The van der Waals surface area contributed by atoms with Crippen molar-refractivity contribution in [3.63, 3.8) is 0 Å². The summed E-state index contributed by atoms with van der Waals surface area (Å²) in [6.07, 6.45) is 0. The van der Waals surface area contributed by atoms with Crippen molar-refractivity contribution < 1.29 is 9.84 Å². The molecule has 0 aliphatic rings. The Hall–Kier alpha value is -1.22. The van der Waals surface area contributed by atoms with Crippen molar-refractivity contribution in [2.75, 3.05) is 13.7 Å². The quantitative estimate of drug-likeness (QED) is 0.772. The van der Waals surface area contributed by atoms with E-state index in [0.29, 0.717) is 12.3 Å². The van der Waals surface area contributed by atoms with Gasteiger partial charge in [0, 0.05) is 5.56 Å². The molecule has 0 saturated carbocycles. The summed E-state index contributed by atoms with van der Waals surface area (Å²) in [5, 5.41) is 9.59. The molecule has 1 atom stereocenters. The summed E-state index contributed by atoms with van der Waals surface area (Å²) >= 11 is 0. The maximum atomic E-state index is 9.59. The Bertz CT molecular complexity index is 323. The summed E-state index contributed by atoms with van der Waals surface area (Å²) in [4.78, 5) is 0. The predicted octanol–water partition coefficient (Wildman–Crippen LogP) is 1.77. The Morgan fingerprint density at radius 2 is 2.14 bits per heavy atom. The van der Waals surface area contributed by atoms with E-state index in [1.165, 1.54) is 0 Å². The third-order valence-corrected chi connectivity index (χ3v) is 2.44. The van der Waals surface area contributed by atoms with Crippen LogP contribution in [0.3, 0.4) is 0 Å². The molecule has 0 saturated heterocycles. The molecule has 78 valence electrons.